The molecule has 1 aromatic carbocycles. The molecule has 1 unspecified atom stereocenters. The van der Waals surface area contributed by atoms with E-state index in [-0.39, 0.29) is 6.04 Å². The standard InChI is InChI=1S/C15H19ClN2S/c1-11(17)9-12-5-3-4-6-14(12)18(2)10-13-7-8-15(16)19-13/h3-8,11H,9-10,17H2,1-2H3. The average Bonchev–Trinajstić information content (AvgIpc) is 2.74. The van der Waals surface area contributed by atoms with E-state index < -0.39 is 0 Å². The molecule has 0 fully saturated rings. The van der Waals surface area contributed by atoms with E-state index in [4.69, 9.17) is 17.3 Å². The van der Waals surface area contributed by atoms with Gasteiger partial charge in [-0.15, -0.1) is 11.3 Å². The molecule has 0 aliphatic heterocycles. The highest BCUT2D eigenvalue weighted by molar-refractivity contribution is 7.16. The molecule has 2 rings (SSSR count). The summed E-state index contributed by atoms with van der Waals surface area (Å²) in [5.41, 5.74) is 8.45. The summed E-state index contributed by atoms with van der Waals surface area (Å²) in [6.45, 7) is 2.91. The van der Waals surface area contributed by atoms with Crippen molar-refractivity contribution in [3.8, 4) is 0 Å². The van der Waals surface area contributed by atoms with E-state index in [0.29, 0.717) is 0 Å². The van der Waals surface area contributed by atoms with Crippen LogP contribution in [0.3, 0.4) is 0 Å². The van der Waals surface area contributed by atoms with Gasteiger partial charge in [0.2, 0.25) is 0 Å². The number of thiophene rings is 1. The van der Waals surface area contributed by atoms with E-state index in [0.717, 1.165) is 17.3 Å². The van der Waals surface area contributed by atoms with Gasteiger partial charge in [0.15, 0.2) is 0 Å². The molecule has 0 radical (unpaired) electrons. The SMILES string of the molecule is CC(N)Cc1ccccc1N(C)Cc1ccc(Cl)s1. The molecule has 2 aromatic rings. The highest BCUT2D eigenvalue weighted by Gasteiger charge is 2.10. The van der Waals surface area contributed by atoms with Gasteiger partial charge in [0.05, 0.1) is 10.9 Å². The zero-order valence-corrected chi connectivity index (χ0v) is 12.8. The molecule has 0 saturated carbocycles. The summed E-state index contributed by atoms with van der Waals surface area (Å²) in [6, 6.07) is 12.6. The van der Waals surface area contributed by atoms with E-state index in [9.17, 15) is 0 Å². The Kier molecular flexibility index (Phi) is 4.86. The lowest BCUT2D eigenvalue weighted by molar-refractivity contribution is 0.734. The van der Waals surface area contributed by atoms with Crippen LogP contribution in [0.4, 0.5) is 5.69 Å². The molecule has 0 saturated heterocycles. The lowest BCUT2D eigenvalue weighted by atomic mass is 10.0. The molecular formula is C15H19ClN2S. The van der Waals surface area contributed by atoms with Gasteiger partial charge in [0.25, 0.3) is 0 Å². The zero-order chi connectivity index (χ0) is 13.8. The summed E-state index contributed by atoms with van der Waals surface area (Å²) in [5.74, 6) is 0. The Balaban J connectivity index is 2.16. The molecule has 19 heavy (non-hydrogen) atoms. The highest BCUT2D eigenvalue weighted by Crippen LogP contribution is 2.26. The number of hydrogen-bond donors (Lipinski definition) is 1. The Morgan fingerprint density at radius 2 is 2.00 bits per heavy atom. The third kappa shape index (κ3) is 3.96. The molecule has 0 amide bonds. The highest BCUT2D eigenvalue weighted by atomic mass is 35.5. The molecule has 102 valence electrons. The molecule has 2 nitrogen and oxygen atoms in total. The zero-order valence-electron chi connectivity index (χ0n) is 11.3. The summed E-state index contributed by atoms with van der Waals surface area (Å²) in [4.78, 5) is 3.52. The van der Waals surface area contributed by atoms with Crippen molar-refractivity contribution in [2.75, 3.05) is 11.9 Å². The first-order chi connectivity index (χ1) is 9.06. The number of hydrogen-bond acceptors (Lipinski definition) is 3. The van der Waals surface area contributed by atoms with Gasteiger partial charge in [-0.3, -0.25) is 0 Å². The van der Waals surface area contributed by atoms with Crippen molar-refractivity contribution < 1.29 is 0 Å². The van der Waals surface area contributed by atoms with E-state index in [2.05, 4.69) is 42.3 Å². The molecule has 1 aromatic heterocycles. The van der Waals surface area contributed by atoms with Crippen LogP contribution in [0.25, 0.3) is 0 Å². The van der Waals surface area contributed by atoms with Crippen LogP contribution in [-0.4, -0.2) is 13.1 Å². The van der Waals surface area contributed by atoms with Crippen LogP contribution in [0.15, 0.2) is 36.4 Å². The predicted octanol–water partition coefficient (Wildman–Crippen LogP) is 3.93. The van der Waals surface area contributed by atoms with Crippen molar-refractivity contribution in [3.63, 3.8) is 0 Å². The van der Waals surface area contributed by atoms with Crippen molar-refractivity contribution in [2.45, 2.75) is 25.9 Å². The minimum atomic E-state index is 0.172. The van der Waals surface area contributed by atoms with Gasteiger partial charge in [0, 0.05) is 23.7 Å². The van der Waals surface area contributed by atoms with Gasteiger partial charge in [-0.2, -0.15) is 0 Å². The quantitative estimate of drug-likeness (QED) is 0.905. The molecule has 1 heterocycles. The molecule has 2 N–H and O–H groups in total. The molecule has 0 aliphatic carbocycles. The molecule has 0 bridgehead atoms. The smallest absolute Gasteiger partial charge is 0.0931 e. The van der Waals surface area contributed by atoms with Crippen LogP contribution in [-0.2, 0) is 13.0 Å². The van der Waals surface area contributed by atoms with Gasteiger partial charge in [-0.25, -0.2) is 0 Å². The summed E-state index contributed by atoms with van der Waals surface area (Å²) < 4.78 is 0.840. The molecule has 0 spiro atoms. The van der Waals surface area contributed by atoms with Gasteiger partial charge in [-0.05, 0) is 37.1 Å². The molecule has 0 aliphatic rings. The maximum absolute atomic E-state index is 5.97. The first kappa shape index (κ1) is 14.4. The number of nitrogens with two attached hydrogens (primary N) is 1. The fraction of sp³-hybridized carbons (Fsp3) is 0.333. The van der Waals surface area contributed by atoms with E-state index in [1.165, 1.54) is 16.1 Å². The lowest BCUT2D eigenvalue weighted by Crippen LogP contribution is -2.22. The maximum atomic E-state index is 5.97. The van der Waals surface area contributed by atoms with Crippen LogP contribution in [0.5, 0.6) is 0 Å². The van der Waals surface area contributed by atoms with Gasteiger partial charge < -0.3 is 10.6 Å². The van der Waals surface area contributed by atoms with Crippen LogP contribution < -0.4 is 10.6 Å². The Bertz CT molecular complexity index is 536. The van der Waals surface area contributed by atoms with Crippen molar-refractivity contribution >= 4 is 28.6 Å². The topological polar surface area (TPSA) is 29.3 Å². The summed E-state index contributed by atoms with van der Waals surface area (Å²) in [6.07, 6.45) is 0.895. The van der Waals surface area contributed by atoms with Crippen molar-refractivity contribution in [1.82, 2.24) is 0 Å². The van der Waals surface area contributed by atoms with E-state index >= 15 is 0 Å². The first-order valence-electron chi connectivity index (χ1n) is 6.35. The third-order valence-electron chi connectivity index (χ3n) is 2.97. The lowest BCUT2D eigenvalue weighted by Gasteiger charge is -2.22. The van der Waals surface area contributed by atoms with Crippen LogP contribution >= 0.6 is 22.9 Å². The Morgan fingerprint density at radius 1 is 1.26 bits per heavy atom. The largest absolute Gasteiger partial charge is 0.369 e. The second kappa shape index (κ2) is 6.42. The molecule has 4 heteroatoms. The number of rotatable bonds is 5. The number of anilines is 1. The number of benzene rings is 1. The van der Waals surface area contributed by atoms with Gasteiger partial charge in [-0.1, -0.05) is 29.8 Å². The van der Waals surface area contributed by atoms with Crippen LogP contribution in [0.2, 0.25) is 4.34 Å². The van der Waals surface area contributed by atoms with Crippen molar-refractivity contribution in [2.24, 2.45) is 5.73 Å². The average molecular weight is 295 g/mol. The van der Waals surface area contributed by atoms with Gasteiger partial charge >= 0.3 is 0 Å². The minimum absolute atomic E-state index is 0.172. The molecular weight excluding hydrogens is 276 g/mol. The summed E-state index contributed by atoms with van der Waals surface area (Å²) in [7, 11) is 2.10. The van der Waals surface area contributed by atoms with Crippen molar-refractivity contribution in [3.05, 3.63) is 51.2 Å². The van der Waals surface area contributed by atoms with Crippen molar-refractivity contribution in [1.29, 1.82) is 0 Å². The Morgan fingerprint density at radius 3 is 2.63 bits per heavy atom. The van der Waals surface area contributed by atoms with E-state index in [1.807, 2.05) is 13.0 Å². The second-order valence-corrected chi connectivity index (χ2v) is 6.67. The number of nitrogens with zero attached hydrogens (tertiary/aromatic N) is 1. The van der Waals surface area contributed by atoms with E-state index in [1.54, 1.807) is 11.3 Å². The minimum Gasteiger partial charge on any atom is -0.369 e. The number of para-hydroxylation sites is 1. The normalized spacial score (nSPS) is 12.4. The van der Waals surface area contributed by atoms with Gasteiger partial charge in [0.1, 0.15) is 0 Å². The molecule has 1 atom stereocenters. The predicted molar refractivity (Wildman–Crippen MR) is 85.2 cm³/mol. The monoisotopic (exact) mass is 294 g/mol. The summed E-state index contributed by atoms with van der Waals surface area (Å²) in [5, 5.41) is 0. The fourth-order valence-electron chi connectivity index (χ4n) is 2.16. The maximum Gasteiger partial charge on any atom is 0.0931 e. The Labute approximate surface area is 123 Å². The first-order valence-corrected chi connectivity index (χ1v) is 7.54. The second-order valence-electron chi connectivity index (χ2n) is 4.87. The number of halogens is 1. The summed E-state index contributed by atoms with van der Waals surface area (Å²) >= 11 is 7.60. The fourth-order valence-corrected chi connectivity index (χ4v) is 3.30. The third-order valence-corrected chi connectivity index (χ3v) is 4.18. The van der Waals surface area contributed by atoms with Crippen LogP contribution in [0.1, 0.15) is 17.4 Å². The Hall–Kier alpha value is -1.03. The van der Waals surface area contributed by atoms with Crippen LogP contribution in [0, 0.1) is 0 Å².